The minimum absolute atomic E-state index is 0.203. The van der Waals surface area contributed by atoms with Crippen molar-refractivity contribution in [1.29, 1.82) is 0 Å². The molecular weight excluding hydrogens is 378 g/mol. The molecule has 2 amide bonds. The topological polar surface area (TPSA) is 71.5 Å². The summed E-state index contributed by atoms with van der Waals surface area (Å²) in [6, 6.07) is 20.6. The first kappa shape index (κ1) is 21.0. The van der Waals surface area contributed by atoms with Crippen LogP contribution in [0.4, 0.5) is 5.69 Å². The van der Waals surface area contributed by atoms with Gasteiger partial charge in [-0.2, -0.15) is 0 Å². The first-order chi connectivity index (χ1) is 14.4. The van der Waals surface area contributed by atoms with Crippen LogP contribution in [0.3, 0.4) is 0 Å². The number of anilines is 1. The Morgan fingerprint density at radius 3 is 2.47 bits per heavy atom. The third kappa shape index (κ3) is 5.44. The van der Waals surface area contributed by atoms with Crippen molar-refractivity contribution < 1.29 is 14.3 Å². The van der Waals surface area contributed by atoms with Crippen LogP contribution in [0.25, 0.3) is 0 Å². The van der Waals surface area contributed by atoms with E-state index < -0.39 is 0 Å². The average Bonchev–Trinajstić information content (AvgIpc) is 2.74. The Morgan fingerprint density at radius 2 is 1.77 bits per heavy atom. The quantitative estimate of drug-likeness (QED) is 0.648. The van der Waals surface area contributed by atoms with Gasteiger partial charge in [0.15, 0.2) is 0 Å². The second kappa shape index (κ2) is 9.69. The van der Waals surface area contributed by atoms with E-state index in [0.29, 0.717) is 35.0 Å². The highest BCUT2D eigenvalue weighted by Gasteiger charge is 2.15. The molecule has 0 bridgehead atoms. The summed E-state index contributed by atoms with van der Waals surface area (Å²) in [6.45, 7) is 2.26. The zero-order valence-corrected chi connectivity index (χ0v) is 17.4. The van der Waals surface area contributed by atoms with Crippen molar-refractivity contribution >= 4 is 17.5 Å². The maximum Gasteiger partial charge on any atom is 0.271 e. The van der Waals surface area contributed by atoms with Crippen molar-refractivity contribution in [2.75, 3.05) is 26.0 Å². The smallest absolute Gasteiger partial charge is 0.271 e. The Hall–Kier alpha value is -3.67. The summed E-state index contributed by atoms with van der Waals surface area (Å²) >= 11 is 0. The number of carbonyl (C=O) groups excluding carboxylic acids is 2. The molecule has 6 nitrogen and oxygen atoms in total. The van der Waals surface area contributed by atoms with Gasteiger partial charge in [0.25, 0.3) is 11.8 Å². The SMILES string of the molecule is Cc1nc(C(=O)N(C)C)ccc1C(=O)Nc1cccc(OCCc2ccccc2)c1. The lowest BCUT2D eigenvalue weighted by molar-refractivity contribution is 0.0821. The van der Waals surface area contributed by atoms with Gasteiger partial charge in [0.2, 0.25) is 0 Å². The summed E-state index contributed by atoms with van der Waals surface area (Å²) < 4.78 is 5.82. The van der Waals surface area contributed by atoms with Crippen LogP contribution in [0, 0.1) is 6.92 Å². The largest absolute Gasteiger partial charge is 0.493 e. The third-order valence-electron chi connectivity index (χ3n) is 4.55. The Bertz CT molecular complexity index is 1030. The van der Waals surface area contributed by atoms with Crippen LogP contribution in [-0.2, 0) is 6.42 Å². The summed E-state index contributed by atoms with van der Waals surface area (Å²) in [5, 5.41) is 2.86. The molecule has 3 aromatic rings. The molecule has 0 aliphatic rings. The van der Waals surface area contributed by atoms with E-state index >= 15 is 0 Å². The van der Waals surface area contributed by atoms with Crippen LogP contribution in [0.2, 0.25) is 0 Å². The van der Waals surface area contributed by atoms with Crippen LogP contribution < -0.4 is 10.1 Å². The number of aromatic nitrogens is 1. The molecule has 3 rings (SSSR count). The Morgan fingerprint density at radius 1 is 1.00 bits per heavy atom. The van der Waals surface area contributed by atoms with E-state index in [-0.39, 0.29) is 11.8 Å². The van der Waals surface area contributed by atoms with Crippen molar-refractivity contribution in [1.82, 2.24) is 9.88 Å². The van der Waals surface area contributed by atoms with Crippen LogP contribution >= 0.6 is 0 Å². The van der Waals surface area contributed by atoms with E-state index in [1.54, 1.807) is 45.3 Å². The highest BCUT2D eigenvalue weighted by molar-refractivity contribution is 6.05. The van der Waals surface area contributed by atoms with Gasteiger partial charge in [-0.3, -0.25) is 9.59 Å². The fourth-order valence-electron chi connectivity index (χ4n) is 2.94. The van der Waals surface area contributed by atoms with E-state index in [2.05, 4.69) is 22.4 Å². The molecule has 1 N–H and O–H groups in total. The molecule has 0 aliphatic carbocycles. The van der Waals surface area contributed by atoms with Gasteiger partial charge >= 0.3 is 0 Å². The van der Waals surface area contributed by atoms with E-state index in [1.807, 2.05) is 30.3 Å². The number of pyridine rings is 1. The Labute approximate surface area is 176 Å². The fourth-order valence-corrected chi connectivity index (χ4v) is 2.94. The van der Waals surface area contributed by atoms with E-state index in [1.165, 1.54) is 10.5 Å². The van der Waals surface area contributed by atoms with Crippen molar-refractivity contribution in [3.05, 3.63) is 89.2 Å². The van der Waals surface area contributed by atoms with Gasteiger partial charge in [0.1, 0.15) is 11.4 Å². The zero-order chi connectivity index (χ0) is 21.5. The molecule has 0 atom stereocenters. The summed E-state index contributed by atoms with van der Waals surface area (Å²) in [7, 11) is 3.32. The monoisotopic (exact) mass is 403 g/mol. The van der Waals surface area contributed by atoms with E-state index in [9.17, 15) is 9.59 Å². The molecule has 30 heavy (non-hydrogen) atoms. The molecular formula is C24H25N3O3. The number of carbonyl (C=O) groups is 2. The molecule has 2 aromatic carbocycles. The second-order valence-corrected chi connectivity index (χ2v) is 7.10. The molecule has 154 valence electrons. The van der Waals surface area contributed by atoms with E-state index in [0.717, 1.165) is 6.42 Å². The summed E-state index contributed by atoms with van der Waals surface area (Å²) in [5.41, 5.74) is 3.06. The molecule has 1 heterocycles. The molecule has 6 heteroatoms. The van der Waals surface area contributed by atoms with Crippen LogP contribution in [0.15, 0.2) is 66.7 Å². The Balaban J connectivity index is 1.62. The van der Waals surface area contributed by atoms with Gasteiger partial charge in [-0.1, -0.05) is 36.4 Å². The zero-order valence-electron chi connectivity index (χ0n) is 17.4. The summed E-state index contributed by atoms with van der Waals surface area (Å²) in [4.78, 5) is 30.4. The lowest BCUT2D eigenvalue weighted by atomic mass is 10.1. The minimum atomic E-state index is -0.287. The molecule has 0 spiro atoms. The number of ether oxygens (including phenoxy) is 1. The summed E-state index contributed by atoms with van der Waals surface area (Å²) in [6.07, 6.45) is 0.806. The molecule has 1 aromatic heterocycles. The van der Waals surface area contributed by atoms with Crippen LogP contribution in [-0.4, -0.2) is 42.4 Å². The highest BCUT2D eigenvalue weighted by Crippen LogP contribution is 2.19. The first-order valence-electron chi connectivity index (χ1n) is 9.71. The maximum absolute atomic E-state index is 12.7. The number of hydrogen-bond donors (Lipinski definition) is 1. The van der Waals surface area contributed by atoms with Gasteiger partial charge in [0, 0.05) is 32.3 Å². The van der Waals surface area contributed by atoms with Gasteiger partial charge in [-0.25, -0.2) is 4.98 Å². The molecule has 0 unspecified atom stereocenters. The van der Waals surface area contributed by atoms with Gasteiger partial charge < -0.3 is 15.0 Å². The molecule has 0 saturated carbocycles. The van der Waals surface area contributed by atoms with Gasteiger partial charge in [0.05, 0.1) is 17.9 Å². The Kier molecular flexibility index (Phi) is 6.80. The number of hydrogen-bond acceptors (Lipinski definition) is 4. The highest BCUT2D eigenvalue weighted by atomic mass is 16.5. The lowest BCUT2D eigenvalue weighted by Gasteiger charge is -2.12. The van der Waals surface area contributed by atoms with Crippen LogP contribution in [0.5, 0.6) is 5.75 Å². The number of benzene rings is 2. The standard InChI is InChI=1S/C24H25N3O3/c1-17-21(12-13-22(25-17)24(29)27(2)3)23(28)26-19-10-7-11-20(16-19)30-15-14-18-8-5-4-6-9-18/h4-13,16H,14-15H2,1-3H3,(H,26,28). The molecule has 0 aliphatic heterocycles. The predicted molar refractivity (Wildman–Crippen MR) is 117 cm³/mol. The van der Waals surface area contributed by atoms with Crippen molar-refractivity contribution in [2.45, 2.75) is 13.3 Å². The lowest BCUT2D eigenvalue weighted by Crippen LogP contribution is -2.23. The van der Waals surface area contributed by atoms with Crippen molar-refractivity contribution in [2.24, 2.45) is 0 Å². The first-order valence-corrected chi connectivity index (χ1v) is 9.71. The van der Waals surface area contributed by atoms with E-state index in [4.69, 9.17) is 4.74 Å². The maximum atomic E-state index is 12.7. The fraction of sp³-hybridized carbons (Fsp3) is 0.208. The second-order valence-electron chi connectivity index (χ2n) is 7.10. The number of nitrogens with zero attached hydrogens (tertiary/aromatic N) is 2. The van der Waals surface area contributed by atoms with Gasteiger partial charge in [-0.15, -0.1) is 0 Å². The number of aryl methyl sites for hydroxylation is 1. The van der Waals surface area contributed by atoms with Crippen LogP contribution in [0.1, 0.15) is 32.1 Å². The number of rotatable bonds is 7. The molecule has 0 fully saturated rings. The van der Waals surface area contributed by atoms with Gasteiger partial charge in [-0.05, 0) is 36.8 Å². The molecule has 0 radical (unpaired) electrons. The molecule has 0 saturated heterocycles. The third-order valence-corrected chi connectivity index (χ3v) is 4.55. The predicted octanol–water partition coefficient (Wildman–Crippen LogP) is 3.97. The average molecular weight is 403 g/mol. The minimum Gasteiger partial charge on any atom is -0.493 e. The number of amides is 2. The summed E-state index contributed by atoms with van der Waals surface area (Å²) in [5.74, 6) is 0.196. The number of nitrogens with one attached hydrogen (secondary N) is 1. The van der Waals surface area contributed by atoms with Crippen molar-refractivity contribution in [3.8, 4) is 5.75 Å². The normalized spacial score (nSPS) is 10.4. The van der Waals surface area contributed by atoms with Crippen molar-refractivity contribution in [3.63, 3.8) is 0 Å².